The molecule has 2 N–H and O–H groups in total. The molecule has 0 amide bonds. The van der Waals surface area contributed by atoms with Crippen molar-refractivity contribution in [2.24, 2.45) is 15.7 Å². The maximum atomic E-state index is 6.74. The van der Waals surface area contributed by atoms with E-state index in [1.807, 2.05) is 84.9 Å². The fraction of sp³-hybridized carbons (Fsp3) is 0.0233. The summed E-state index contributed by atoms with van der Waals surface area (Å²) in [4.78, 5) is 9.91. The zero-order valence-electron chi connectivity index (χ0n) is 25.9. The molecule has 5 nitrogen and oxygen atoms in total. The molecule has 0 aliphatic heterocycles. The fourth-order valence-electron chi connectivity index (χ4n) is 6.64. The van der Waals surface area contributed by atoms with Gasteiger partial charge in [0.15, 0.2) is 5.84 Å². The second kappa shape index (κ2) is 11.4. The van der Waals surface area contributed by atoms with E-state index in [1.165, 1.54) is 0 Å². The Kier molecular flexibility index (Phi) is 6.61. The fourth-order valence-corrected chi connectivity index (χ4v) is 6.64. The lowest BCUT2D eigenvalue weighted by molar-refractivity contribution is 0.663. The van der Waals surface area contributed by atoms with Gasteiger partial charge in [-0.15, -0.1) is 0 Å². The molecule has 0 aliphatic carbocycles. The predicted molar refractivity (Wildman–Crippen MR) is 198 cm³/mol. The lowest BCUT2D eigenvalue weighted by Crippen LogP contribution is -2.16. The third kappa shape index (κ3) is 4.81. The van der Waals surface area contributed by atoms with Crippen LogP contribution in [0.4, 0.5) is 0 Å². The van der Waals surface area contributed by atoms with Gasteiger partial charge in [0.2, 0.25) is 0 Å². The highest BCUT2D eigenvalue weighted by atomic mass is 16.3. The Balaban J connectivity index is 1.10. The first-order chi connectivity index (χ1) is 23.7. The molecule has 0 saturated heterocycles. The van der Waals surface area contributed by atoms with Crippen molar-refractivity contribution in [2.45, 2.75) is 6.54 Å². The van der Waals surface area contributed by atoms with Crippen molar-refractivity contribution < 1.29 is 8.83 Å². The van der Waals surface area contributed by atoms with Crippen LogP contribution in [0.5, 0.6) is 0 Å². The first-order valence-corrected chi connectivity index (χ1v) is 16.0. The molecule has 0 bridgehead atoms. The van der Waals surface area contributed by atoms with Crippen LogP contribution in [0.3, 0.4) is 0 Å². The Bertz CT molecular complexity index is 2720. The van der Waals surface area contributed by atoms with Gasteiger partial charge in [0.1, 0.15) is 28.2 Å². The molecule has 0 fully saturated rings. The highest BCUT2D eigenvalue weighted by molar-refractivity contribution is 6.14. The molecule has 9 rings (SSSR count). The molecule has 0 atom stereocenters. The SMILES string of the molecule is NC(=NC(=NCc1cccc2c1oc1ccccc12)c1ccccc1)c1ccc2ccc(-c3cccc4oc5ccccc5c34)cc2c1. The zero-order valence-corrected chi connectivity index (χ0v) is 25.9. The maximum Gasteiger partial charge on any atom is 0.157 e. The second-order valence-corrected chi connectivity index (χ2v) is 11.9. The zero-order chi connectivity index (χ0) is 32.0. The lowest BCUT2D eigenvalue weighted by atomic mass is 9.96. The Labute approximate surface area is 276 Å². The number of fused-ring (bicyclic) bond motifs is 7. The third-order valence-electron chi connectivity index (χ3n) is 8.99. The number of nitrogens with two attached hydrogens (primary N) is 1. The van der Waals surface area contributed by atoms with Gasteiger partial charge in [-0.1, -0.05) is 121 Å². The Morgan fingerprint density at radius 1 is 0.542 bits per heavy atom. The highest BCUT2D eigenvalue weighted by Crippen LogP contribution is 2.37. The van der Waals surface area contributed by atoms with Crippen molar-refractivity contribution in [3.05, 3.63) is 168 Å². The van der Waals surface area contributed by atoms with Gasteiger partial charge < -0.3 is 14.6 Å². The summed E-state index contributed by atoms with van der Waals surface area (Å²) in [6.07, 6.45) is 0. The van der Waals surface area contributed by atoms with Crippen LogP contribution in [0, 0.1) is 0 Å². The summed E-state index contributed by atoms with van der Waals surface area (Å²) in [5.74, 6) is 0.961. The van der Waals surface area contributed by atoms with Crippen LogP contribution < -0.4 is 5.73 Å². The van der Waals surface area contributed by atoms with E-state index >= 15 is 0 Å². The molecule has 0 radical (unpaired) electrons. The molecule has 0 saturated carbocycles. The van der Waals surface area contributed by atoms with Crippen LogP contribution in [0.15, 0.2) is 170 Å². The van der Waals surface area contributed by atoms with Crippen LogP contribution >= 0.6 is 0 Å². The van der Waals surface area contributed by atoms with Crippen LogP contribution in [0.25, 0.3) is 65.8 Å². The molecule has 48 heavy (non-hydrogen) atoms. The summed E-state index contributed by atoms with van der Waals surface area (Å²) < 4.78 is 12.4. The van der Waals surface area contributed by atoms with E-state index in [4.69, 9.17) is 24.6 Å². The molecule has 228 valence electrons. The van der Waals surface area contributed by atoms with E-state index < -0.39 is 0 Å². The van der Waals surface area contributed by atoms with Crippen LogP contribution in [-0.2, 0) is 6.54 Å². The molecule has 0 spiro atoms. The van der Waals surface area contributed by atoms with Gasteiger partial charge in [0.25, 0.3) is 0 Å². The van der Waals surface area contributed by atoms with E-state index in [1.54, 1.807) is 0 Å². The summed E-state index contributed by atoms with van der Waals surface area (Å²) in [5.41, 5.74) is 15.2. The Morgan fingerprint density at radius 2 is 1.25 bits per heavy atom. The number of hydrogen-bond acceptors (Lipinski definition) is 3. The van der Waals surface area contributed by atoms with Crippen molar-refractivity contribution in [1.29, 1.82) is 0 Å². The van der Waals surface area contributed by atoms with E-state index in [-0.39, 0.29) is 0 Å². The first kappa shape index (κ1) is 27.8. The number of aliphatic imine (C=N–C) groups is 2. The molecule has 0 unspecified atom stereocenters. The minimum atomic E-state index is 0.396. The summed E-state index contributed by atoms with van der Waals surface area (Å²) in [6, 6.07) is 51.4. The Hall–Kier alpha value is -6.46. The van der Waals surface area contributed by atoms with E-state index in [0.29, 0.717) is 18.2 Å². The monoisotopic (exact) mass is 619 g/mol. The minimum Gasteiger partial charge on any atom is -0.456 e. The smallest absolute Gasteiger partial charge is 0.157 e. The van der Waals surface area contributed by atoms with Gasteiger partial charge >= 0.3 is 0 Å². The number of nitrogens with zero attached hydrogens (tertiary/aromatic N) is 2. The molecule has 2 heterocycles. The molecule has 5 heteroatoms. The van der Waals surface area contributed by atoms with Gasteiger partial charge in [0, 0.05) is 38.2 Å². The summed E-state index contributed by atoms with van der Waals surface area (Å²) in [7, 11) is 0. The number of furan rings is 2. The van der Waals surface area contributed by atoms with Crippen molar-refractivity contribution in [3.63, 3.8) is 0 Å². The standard InChI is InChI=1S/C43H29N3O2/c44-42(46-43(28-10-2-1-3-11-28)45-26-31-12-8-16-35-34-13-4-6-17-37(34)48-41(31)35)30-23-21-27-20-22-29(24-32(27)25-30)33-15-9-19-39-40(33)36-14-5-7-18-38(36)47-39/h1-25H,26H2,(H2,44,45,46). The number of rotatable bonds is 5. The second-order valence-electron chi connectivity index (χ2n) is 11.9. The van der Waals surface area contributed by atoms with Gasteiger partial charge in [-0.2, -0.15) is 0 Å². The summed E-state index contributed by atoms with van der Waals surface area (Å²) in [6.45, 7) is 0.396. The van der Waals surface area contributed by atoms with Crippen molar-refractivity contribution in [1.82, 2.24) is 0 Å². The topological polar surface area (TPSA) is 77.0 Å². The first-order valence-electron chi connectivity index (χ1n) is 16.0. The molecule has 2 aromatic heterocycles. The average molecular weight is 620 g/mol. The van der Waals surface area contributed by atoms with Gasteiger partial charge in [0.05, 0.1) is 6.54 Å². The quantitative estimate of drug-likeness (QED) is 0.154. The normalized spacial score (nSPS) is 12.6. The van der Waals surface area contributed by atoms with E-state index in [9.17, 15) is 0 Å². The maximum absolute atomic E-state index is 6.74. The van der Waals surface area contributed by atoms with Gasteiger partial charge in [-0.3, -0.25) is 4.99 Å². The van der Waals surface area contributed by atoms with Crippen LogP contribution in [0.2, 0.25) is 0 Å². The number of amidine groups is 2. The van der Waals surface area contributed by atoms with Crippen LogP contribution in [-0.4, -0.2) is 11.7 Å². The van der Waals surface area contributed by atoms with E-state index in [2.05, 4.69) is 66.7 Å². The number of benzene rings is 7. The molecule has 9 aromatic rings. The van der Waals surface area contributed by atoms with Gasteiger partial charge in [-0.05, 0) is 52.2 Å². The van der Waals surface area contributed by atoms with Crippen molar-refractivity contribution >= 4 is 66.3 Å². The average Bonchev–Trinajstić information content (AvgIpc) is 3.72. The largest absolute Gasteiger partial charge is 0.456 e. The minimum absolute atomic E-state index is 0.396. The summed E-state index contributed by atoms with van der Waals surface area (Å²) in [5, 5.41) is 6.59. The number of hydrogen-bond donors (Lipinski definition) is 1. The predicted octanol–water partition coefficient (Wildman–Crippen LogP) is 10.7. The molecule has 7 aromatic carbocycles. The molecular formula is C43H29N3O2. The van der Waals surface area contributed by atoms with Crippen LogP contribution in [0.1, 0.15) is 16.7 Å². The highest BCUT2D eigenvalue weighted by Gasteiger charge is 2.14. The lowest BCUT2D eigenvalue weighted by Gasteiger charge is -2.09. The van der Waals surface area contributed by atoms with E-state index in [0.717, 1.165) is 82.5 Å². The van der Waals surface area contributed by atoms with Gasteiger partial charge in [-0.25, -0.2) is 4.99 Å². The third-order valence-corrected chi connectivity index (χ3v) is 8.99. The van der Waals surface area contributed by atoms with Crippen molar-refractivity contribution in [3.8, 4) is 11.1 Å². The molecule has 0 aliphatic rings. The Morgan fingerprint density at radius 3 is 2.12 bits per heavy atom. The number of para-hydroxylation sites is 3. The molecular weight excluding hydrogens is 590 g/mol. The van der Waals surface area contributed by atoms with Crippen molar-refractivity contribution in [2.75, 3.05) is 0 Å². The summed E-state index contributed by atoms with van der Waals surface area (Å²) >= 11 is 0.